The Kier molecular flexibility index (Phi) is 26.8. The van der Waals surface area contributed by atoms with E-state index in [4.69, 9.17) is 30.0 Å². The number of carbonyl (C=O) groups excluding carboxylic acids is 11. The third-order valence-corrected chi connectivity index (χ3v) is 20.6. The number of methoxy groups -OCH3 is 1. The van der Waals surface area contributed by atoms with Gasteiger partial charge in [-0.05, 0) is 112 Å². The van der Waals surface area contributed by atoms with E-state index < -0.39 is 59.4 Å². The van der Waals surface area contributed by atoms with Crippen molar-refractivity contribution in [2.24, 2.45) is 11.7 Å². The Hall–Kier alpha value is -9.79. The van der Waals surface area contributed by atoms with E-state index in [-0.39, 0.29) is 143 Å². The van der Waals surface area contributed by atoms with E-state index in [2.05, 4.69) is 46.7 Å². The number of nitrogens with one attached hydrogen (secondary N) is 6. The summed E-state index contributed by atoms with van der Waals surface area (Å²) < 4.78 is 17.5. The van der Waals surface area contributed by atoms with Gasteiger partial charge in [-0.25, -0.2) is 9.78 Å². The molecular weight excluding hydrogens is 1350 g/mol. The van der Waals surface area contributed by atoms with Crippen molar-refractivity contribution in [2.45, 2.75) is 139 Å². The number of imide groups is 2. The summed E-state index contributed by atoms with van der Waals surface area (Å²) in [4.78, 5) is 174. The summed E-state index contributed by atoms with van der Waals surface area (Å²) in [6, 6.07) is 15.8. The fraction of sp³-hybridized carbons (Fsp3) is 0.521. The fourth-order valence-corrected chi connectivity index (χ4v) is 14.6. The van der Waals surface area contributed by atoms with Gasteiger partial charge < -0.3 is 71.2 Å². The lowest BCUT2D eigenvalue weighted by Crippen LogP contribution is -2.52. The maximum atomic E-state index is 14.0. The molecule has 5 aliphatic heterocycles. The number of hydrogen-bond acceptors (Lipinski definition) is 22. The van der Waals surface area contributed by atoms with Crippen molar-refractivity contribution in [1.82, 2.24) is 45.5 Å². The number of carbonyl (C=O) groups is 12. The standard InChI is InChI=1S/C71H91N15O16S/c1-81-55-39-74-70(80-64(55)85(42-62(81)91)49-11-5-6-12-49)78-53-21-18-45(36-56(53)100-2)65(94)76-48-24-29-82(30-25-48)31-33-101-34-32-83(41-60(89)77-52-14-8-13-50-51(52)40-86(68(50)97)54-22-23-59(88)79-67(54)96)71(99)102-43-44-16-19-47(20-17-44)75-66(95)46(10-9-27-72)38-73-58(87)15-4-3-7-28-84-61(90)37-57(69(84)98)103-35-26-63(92)93/h8,13-14,16-21,36,39,46,48-49,54,57H,3-7,9-12,15,22-35,37-38,40-43,72H2,1-2H3,(H,73,87)(H,75,95)(H,76,94)(H,77,89)(H,92,93)(H,74,78,80)(H,79,88,96)/t46-,54?,57?/m1/s1. The molecular formula is C71H91N15O16S. The second-order valence-corrected chi connectivity index (χ2v) is 27.7. The van der Waals surface area contributed by atoms with Crippen LogP contribution in [0.15, 0.2) is 66.9 Å². The van der Waals surface area contributed by atoms with Gasteiger partial charge in [-0.3, -0.25) is 67.9 Å². The Morgan fingerprint density at radius 2 is 1.62 bits per heavy atom. The van der Waals surface area contributed by atoms with Crippen LogP contribution >= 0.6 is 11.8 Å². The molecule has 32 heteroatoms. The first kappa shape index (κ1) is 75.9. The number of piperidine rings is 2. The van der Waals surface area contributed by atoms with Gasteiger partial charge in [0.25, 0.3) is 11.8 Å². The number of ether oxygens (including phenoxy) is 3. The van der Waals surface area contributed by atoms with Crippen LogP contribution in [0, 0.1) is 5.92 Å². The third kappa shape index (κ3) is 20.3. The van der Waals surface area contributed by atoms with Crippen molar-refractivity contribution in [3.05, 3.63) is 89.1 Å². The van der Waals surface area contributed by atoms with Crippen LogP contribution in [-0.4, -0.2) is 221 Å². The van der Waals surface area contributed by atoms with Crippen LogP contribution in [0.3, 0.4) is 0 Å². The van der Waals surface area contributed by atoms with Gasteiger partial charge in [0.15, 0.2) is 5.82 Å². The van der Waals surface area contributed by atoms with E-state index >= 15 is 0 Å². The highest BCUT2D eigenvalue weighted by Gasteiger charge is 2.42. The molecule has 103 heavy (non-hydrogen) atoms. The Morgan fingerprint density at radius 1 is 0.835 bits per heavy atom. The van der Waals surface area contributed by atoms with Crippen LogP contribution in [-0.2, 0) is 65.8 Å². The number of thioether (sulfide) groups is 1. The molecule has 2 unspecified atom stereocenters. The van der Waals surface area contributed by atoms with Crippen LogP contribution in [0.5, 0.6) is 5.75 Å². The predicted octanol–water partition coefficient (Wildman–Crippen LogP) is 4.51. The highest BCUT2D eigenvalue weighted by molar-refractivity contribution is 8.00. The quantitative estimate of drug-likeness (QED) is 0.0232. The zero-order valence-electron chi connectivity index (χ0n) is 58.1. The van der Waals surface area contributed by atoms with Gasteiger partial charge in [-0.2, -0.15) is 4.98 Å². The normalized spacial score (nSPS) is 18.1. The SMILES string of the molecule is COc1cc(C(=O)NC2CCN(CCOCCN(CC(=O)Nc3cccc4c3CN(C3CCC(=O)NC3=O)C4=O)C(=O)OCc3ccc(NC(=O)[C@H](CCCN)CNC(=O)CCCCCN4C(=O)CC(SCCC(=O)O)C4=O)cc3)CC2)ccc1Nc1ncc2c(n1)N(C1CCCC1)CC(=O)N2C. The number of likely N-dealkylation sites (N-methyl/N-ethyl adjacent to an activating group) is 1. The van der Waals surface area contributed by atoms with Gasteiger partial charge in [0.1, 0.15) is 30.6 Å². The number of likely N-dealkylation sites (tertiary alicyclic amines) is 2. The van der Waals surface area contributed by atoms with E-state index in [0.29, 0.717) is 128 Å². The van der Waals surface area contributed by atoms with Crippen molar-refractivity contribution in [3.8, 4) is 5.75 Å². The summed E-state index contributed by atoms with van der Waals surface area (Å²) in [7, 11) is 3.25. The summed E-state index contributed by atoms with van der Waals surface area (Å²) in [5, 5.41) is 25.6. The maximum Gasteiger partial charge on any atom is 0.410 e. The molecule has 1 aromatic heterocycles. The number of fused-ring (bicyclic) bond motifs is 2. The number of benzene rings is 3. The number of aliphatic carboxylic acids is 1. The smallest absolute Gasteiger partial charge is 0.410 e. The fourth-order valence-electron chi connectivity index (χ4n) is 13.5. The van der Waals surface area contributed by atoms with E-state index in [1.54, 1.807) is 78.8 Å². The summed E-state index contributed by atoms with van der Waals surface area (Å²) >= 11 is 1.17. The minimum absolute atomic E-state index is 0.00306. The predicted molar refractivity (Wildman–Crippen MR) is 380 cm³/mol. The number of hydrogen-bond donors (Lipinski definition) is 8. The van der Waals surface area contributed by atoms with Gasteiger partial charge in [-0.1, -0.05) is 37.5 Å². The Balaban J connectivity index is 0.682. The van der Waals surface area contributed by atoms with E-state index in [0.717, 1.165) is 25.7 Å². The average Bonchev–Trinajstić information content (AvgIpc) is 1.76. The lowest BCUT2D eigenvalue weighted by atomic mass is 10.0. The summed E-state index contributed by atoms with van der Waals surface area (Å²) in [6.07, 6.45) is 9.19. The summed E-state index contributed by atoms with van der Waals surface area (Å²) in [5.74, 6) is -3.40. The molecule has 0 radical (unpaired) electrons. The van der Waals surface area contributed by atoms with Gasteiger partial charge in [0.2, 0.25) is 53.2 Å². The number of nitrogens with two attached hydrogens (primary N) is 1. The van der Waals surface area contributed by atoms with Crippen LogP contribution in [0.25, 0.3) is 0 Å². The first-order valence-electron chi connectivity index (χ1n) is 35.2. The first-order chi connectivity index (χ1) is 49.7. The molecule has 552 valence electrons. The van der Waals surface area contributed by atoms with Gasteiger partial charge in [-0.15, -0.1) is 11.8 Å². The van der Waals surface area contributed by atoms with Gasteiger partial charge >= 0.3 is 12.1 Å². The molecule has 3 saturated heterocycles. The monoisotopic (exact) mass is 1440 g/mol. The zero-order chi connectivity index (χ0) is 73.1. The number of unbranched alkanes of at least 4 members (excludes halogenated alkanes) is 2. The molecule has 9 N–H and O–H groups in total. The van der Waals surface area contributed by atoms with Crippen LogP contribution in [0.2, 0.25) is 0 Å². The Bertz CT molecular complexity index is 3790. The van der Waals surface area contributed by atoms with Crippen LogP contribution < -0.4 is 52.2 Å². The number of anilines is 6. The summed E-state index contributed by atoms with van der Waals surface area (Å²) in [6.45, 7) is 2.34. The second kappa shape index (κ2) is 36.4. The lowest BCUT2D eigenvalue weighted by Gasteiger charge is -2.37. The minimum atomic E-state index is -0.972. The van der Waals surface area contributed by atoms with Crippen molar-refractivity contribution >= 4 is 117 Å². The molecule has 31 nitrogen and oxygen atoms in total. The molecule has 6 aliphatic rings. The molecule has 4 fully saturated rings. The van der Waals surface area contributed by atoms with E-state index in [9.17, 15) is 57.5 Å². The number of carboxylic acid groups (broad SMARTS) is 1. The van der Waals surface area contributed by atoms with Crippen LogP contribution in [0.4, 0.5) is 39.3 Å². The molecule has 0 spiro atoms. The number of rotatable bonds is 35. The molecule has 0 bridgehead atoms. The highest BCUT2D eigenvalue weighted by atomic mass is 32.2. The second-order valence-electron chi connectivity index (χ2n) is 26.4. The average molecular weight is 1440 g/mol. The topological polar surface area (TPSA) is 396 Å². The number of aromatic nitrogens is 2. The van der Waals surface area contributed by atoms with Crippen molar-refractivity contribution < 1.29 is 76.9 Å². The molecule has 1 aliphatic carbocycles. The van der Waals surface area contributed by atoms with Crippen molar-refractivity contribution in [3.63, 3.8) is 0 Å². The van der Waals surface area contributed by atoms with E-state index in [1.165, 1.54) is 33.6 Å². The Morgan fingerprint density at radius 3 is 2.37 bits per heavy atom. The largest absolute Gasteiger partial charge is 0.495 e. The van der Waals surface area contributed by atoms with Gasteiger partial charge in [0.05, 0.1) is 56.3 Å². The number of amides is 11. The zero-order valence-corrected chi connectivity index (χ0v) is 58.9. The highest BCUT2D eigenvalue weighted by Crippen LogP contribution is 2.38. The molecule has 11 amide bonds. The van der Waals surface area contributed by atoms with E-state index in [1.807, 2.05) is 0 Å². The third-order valence-electron chi connectivity index (χ3n) is 19.3. The molecule has 1 saturated carbocycles. The molecule has 3 atom stereocenters. The first-order valence-corrected chi connectivity index (χ1v) is 36.3. The maximum absolute atomic E-state index is 14.0. The van der Waals surface area contributed by atoms with Crippen molar-refractivity contribution in [2.75, 3.05) is 118 Å². The lowest BCUT2D eigenvalue weighted by molar-refractivity contribution is -0.139. The minimum Gasteiger partial charge on any atom is -0.495 e. The number of carboxylic acids is 1. The Labute approximate surface area is 600 Å². The summed E-state index contributed by atoms with van der Waals surface area (Å²) in [5.41, 5.74) is 9.51. The van der Waals surface area contributed by atoms with Crippen LogP contribution in [0.1, 0.15) is 135 Å². The van der Waals surface area contributed by atoms with Gasteiger partial charge in [0, 0.05) is 118 Å². The van der Waals surface area contributed by atoms with Crippen molar-refractivity contribution in [1.29, 1.82) is 0 Å². The molecule has 10 rings (SSSR count). The molecule has 4 aromatic rings. The molecule has 3 aromatic carbocycles. The molecule has 6 heterocycles. The number of nitrogens with zero attached hydrogens (tertiary/aromatic N) is 8.